The number of hydrogen-bond donors (Lipinski definition) is 2. The molecule has 0 spiro atoms. The van der Waals surface area contributed by atoms with E-state index in [0.717, 1.165) is 32.1 Å². The molecule has 6 heteroatoms. The maximum Gasteiger partial charge on any atom is 0.319 e. The summed E-state index contributed by atoms with van der Waals surface area (Å²) in [7, 11) is -3.24. The van der Waals surface area contributed by atoms with Crippen LogP contribution in [0.15, 0.2) is 29.2 Å². The lowest BCUT2D eigenvalue weighted by atomic mass is 10.3. The van der Waals surface area contributed by atoms with E-state index in [9.17, 15) is 13.2 Å². The average molecular weight is 324 g/mol. The molecule has 5 nitrogen and oxygen atoms in total. The van der Waals surface area contributed by atoms with Gasteiger partial charge >= 0.3 is 6.03 Å². The SMILES string of the molecule is CCC(C)NC(=O)Nc1ccc(S(=O)(=O)C2CCCC2)cc1. The van der Waals surface area contributed by atoms with E-state index < -0.39 is 9.84 Å². The number of amides is 2. The van der Waals surface area contributed by atoms with Gasteiger partial charge < -0.3 is 10.6 Å². The Kier molecular flexibility index (Phi) is 5.45. The van der Waals surface area contributed by atoms with Gasteiger partial charge in [0, 0.05) is 11.7 Å². The summed E-state index contributed by atoms with van der Waals surface area (Å²) in [4.78, 5) is 12.1. The predicted molar refractivity (Wildman–Crippen MR) is 87.8 cm³/mol. The second-order valence-electron chi connectivity index (χ2n) is 5.88. The normalized spacial score (nSPS) is 17.2. The molecule has 1 aliphatic rings. The molecule has 2 rings (SSSR count). The van der Waals surface area contributed by atoms with Crippen LogP contribution in [0.4, 0.5) is 10.5 Å². The van der Waals surface area contributed by atoms with Crippen LogP contribution < -0.4 is 10.6 Å². The predicted octanol–water partition coefficient (Wildman–Crippen LogP) is 3.32. The van der Waals surface area contributed by atoms with Gasteiger partial charge in [0.2, 0.25) is 0 Å². The van der Waals surface area contributed by atoms with E-state index in [-0.39, 0.29) is 17.3 Å². The zero-order chi connectivity index (χ0) is 16.2. The third-order valence-corrected chi connectivity index (χ3v) is 6.45. The van der Waals surface area contributed by atoms with Gasteiger partial charge in [0.15, 0.2) is 9.84 Å². The Bertz CT molecular complexity index is 605. The van der Waals surface area contributed by atoms with Crippen molar-refractivity contribution < 1.29 is 13.2 Å². The molecule has 0 saturated heterocycles. The summed E-state index contributed by atoms with van der Waals surface area (Å²) in [6.45, 7) is 3.92. The highest BCUT2D eigenvalue weighted by Gasteiger charge is 2.30. The Labute approximate surface area is 132 Å². The number of carbonyl (C=O) groups excluding carboxylic acids is 1. The maximum atomic E-state index is 12.5. The number of nitrogens with one attached hydrogen (secondary N) is 2. The number of benzene rings is 1. The van der Waals surface area contributed by atoms with Crippen molar-refractivity contribution in [3.05, 3.63) is 24.3 Å². The van der Waals surface area contributed by atoms with Crippen molar-refractivity contribution in [3.63, 3.8) is 0 Å². The van der Waals surface area contributed by atoms with Gasteiger partial charge in [-0.1, -0.05) is 19.8 Å². The van der Waals surface area contributed by atoms with E-state index in [2.05, 4.69) is 10.6 Å². The Morgan fingerprint density at radius 3 is 2.36 bits per heavy atom. The number of anilines is 1. The fourth-order valence-electron chi connectivity index (χ4n) is 2.61. The molecule has 122 valence electrons. The van der Waals surface area contributed by atoms with Crippen molar-refractivity contribution in [1.82, 2.24) is 5.32 Å². The monoisotopic (exact) mass is 324 g/mol. The Morgan fingerprint density at radius 2 is 1.82 bits per heavy atom. The summed E-state index contributed by atoms with van der Waals surface area (Å²) < 4.78 is 24.9. The molecular formula is C16H24N2O3S. The number of carbonyl (C=O) groups is 1. The van der Waals surface area contributed by atoms with Gasteiger partial charge in [0.05, 0.1) is 10.1 Å². The molecule has 1 saturated carbocycles. The van der Waals surface area contributed by atoms with Crippen molar-refractivity contribution in [3.8, 4) is 0 Å². The standard InChI is InChI=1S/C16H24N2O3S/c1-3-12(2)17-16(19)18-13-8-10-15(11-9-13)22(20,21)14-6-4-5-7-14/h8-12,14H,3-7H2,1-2H3,(H2,17,18,19). The topological polar surface area (TPSA) is 75.3 Å². The van der Waals surface area contributed by atoms with Gasteiger partial charge in [-0.15, -0.1) is 0 Å². The molecule has 0 aromatic heterocycles. The average Bonchev–Trinajstić information content (AvgIpc) is 3.02. The lowest BCUT2D eigenvalue weighted by molar-refractivity contribution is 0.249. The van der Waals surface area contributed by atoms with E-state index in [1.807, 2.05) is 13.8 Å². The van der Waals surface area contributed by atoms with Crippen LogP contribution in [0.25, 0.3) is 0 Å². The minimum atomic E-state index is -3.24. The maximum absolute atomic E-state index is 12.5. The minimum Gasteiger partial charge on any atom is -0.335 e. The van der Waals surface area contributed by atoms with Crippen LogP contribution in [0.1, 0.15) is 46.0 Å². The molecule has 0 aliphatic heterocycles. The fourth-order valence-corrected chi connectivity index (χ4v) is 4.47. The molecule has 1 fully saturated rings. The first-order valence-electron chi connectivity index (χ1n) is 7.85. The van der Waals surface area contributed by atoms with Gasteiger partial charge in [-0.2, -0.15) is 0 Å². The van der Waals surface area contributed by atoms with E-state index in [4.69, 9.17) is 0 Å². The highest BCUT2D eigenvalue weighted by molar-refractivity contribution is 7.92. The van der Waals surface area contributed by atoms with Crippen LogP contribution in [-0.2, 0) is 9.84 Å². The van der Waals surface area contributed by atoms with Crippen LogP contribution in [-0.4, -0.2) is 25.7 Å². The molecule has 1 aromatic rings. The minimum absolute atomic E-state index is 0.0991. The molecule has 1 atom stereocenters. The third kappa shape index (κ3) is 4.00. The summed E-state index contributed by atoms with van der Waals surface area (Å²) in [6, 6.07) is 6.25. The van der Waals surface area contributed by atoms with Crippen LogP contribution >= 0.6 is 0 Å². The van der Waals surface area contributed by atoms with E-state index in [1.165, 1.54) is 0 Å². The molecule has 1 aliphatic carbocycles. The van der Waals surface area contributed by atoms with Crippen LogP contribution in [0.5, 0.6) is 0 Å². The number of rotatable bonds is 5. The lowest BCUT2D eigenvalue weighted by Gasteiger charge is -2.14. The fraction of sp³-hybridized carbons (Fsp3) is 0.562. The molecule has 0 bridgehead atoms. The van der Waals surface area contributed by atoms with Crippen molar-refractivity contribution in [2.24, 2.45) is 0 Å². The largest absolute Gasteiger partial charge is 0.335 e. The smallest absolute Gasteiger partial charge is 0.319 e. The van der Waals surface area contributed by atoms with Crippen LogP contribution in [0, 0.1) is 0 Å². The summed E-state index contributed by atoms with van der Waals surface area (Å²) in [5.74, 6) is 0. The molecule has 22 heavy (non-hydrogen) atoms. The summed E-state index contributed by atoms with van der Waals surface area (Å²) >= 11 is 0. The molecule has 2 N–H and O–H groups in total. The second-order valence-corrected chi connectivity index (χ2v) is 8.11. The first-order chi connectivity index (χ1) is 10.4. The van der Waals surface area contributed by atoms with Crippen LogP contribution in [0.3, 0.4) is 0 Å². The van der Waals surface area contributed by atoms with Crippen molar-refractivity contribution >= 4 is 21.6 Å². The van der Waals surface area contributed by atoms with E-state index >= 15 is 0 Å². The van der Waals surface area contributed by atoms with Gasteiger partial charge in [-0.05, 0) is 50.5 Å². The van der Waals surface area contributed by atoms with Crippen LogP contribution in [0.2, 0.25) is 0 Å². The Balaban J connectivity index is 2.02. The second kappa shape index (κ2) is 7.13. The molecule has 2 amide bonds. The molecule has 0 radical (unpaired) electrons. The zero-order valence-electron chi connectivity index (χ0n) is 13.1. The van der Waals surface area contributed by atoms with Gasteiger partial charge in [-0.25, -0.2) is 13.2 Å². The molecular weight excluding hydrogens is 300 g/mol. The van der Waals surface area contributed by atoms with Gasteiger partial charge in [0.25, 0.3) is 0 Å². The number of urea groups is 1. The summed E-state index contributed by atoms with van der Waals surface area (Å²) in [5, 5.41) is 5.26. The number of sulfone groups is 1. The Morgan fingerprint density at radius 1 is 1.23 bits per heavy atom. The lowest BCUT2D eigenvalue weighted by Crippen LogP contribution is -2.35. The Hall–Kier alpha value is -1.56. The zero-order valence-corrected chi connectivity index (χ0v) is 13.9. The van der Waals surface area contributed by atoms with E-state index in [1.54, 1.807) is 24.3 Å². The molecule has 1 unspecified atom stereocenters. The molecule has 1 aromatic carbocycles. The first kappa shape index (κ1) is 16.8. The quantitative estimate of drug-likeness (QED) is 0.872. The molecule has 0 heterocycles. The summed E-state index contributed by atoms with van der Waals surface area (Å²) in [5.41, 5.74) is 0.589. The van der Waals surface area contributed by atoms with Crippen molar-refractivity contribution in [2.45, 2.75) is 62.1 Å². The van der Waals surface area contributed by atoms with Gasteiger partial charge in [-0.3, -0.25) is 0 Å². The number of hydrogen-bond acceptors (Lipinski definition) is 3. The highest BCUT2D eigenvalue weighted by Crippen LogP contribution is 2.29. The third-order valence-electron chi connectivity index (χ3n) is 4.17. The summed E-state index contributed by atoms with van der Waals surface area (Å²) in [6.07, 6.45) is 4.32. The van der Waals surface area contributed by atoms with Crippen molar-refractivity contribution in [1.29, 1.82) is 0 Å². The highest BCUT2D eigenvalue weighted by atomic mass is 32.2. The van der Waals surface area contributed by atoms with Gasteiger partial charge in [0.1, 0.15) is 0 Å². The first-order valence-corrected chi connectivity index (χ1v) is 9.39. The van der Waals surface area contributed by atoms with E-state index in [0.29, 0.717) is 10.6 Å². The van der Waals surface area contributed by atoms with Crippen molar-refractivity contribution in [2.75, 3.05) is 5.32 Å².